The molecule has 5 heteroatoms. The lowest BCUT2D eigenvalue weighted by molar-refractivity contribution is 0.409. The topological polar surface area (TPSA) is 30.5 Å². The van der Waals surface area contributed by atoms with Crippen molar-refractivity contribution in [1.29, 1.82) is 0 Å². The van der Waals surface area contributed by atoms with Gasteiger partial charge in [0.1, 0.15) is 11.5 Å². The summed E-state index contributed by atoms with van der Waals surface area (Å²) < 4.78 is 12.4. The summed E-state index contributed by atoms with van der Waals surface area (Å²) in [6.45, 7) is 2.76. The van der Waals surface area contributed by atoms with Crippen molar-refractivity contribution in [2.24, 2.45) is 0 Å². The van der Waals surface area contributed by atoms with Crippen molar-refractivity contribution in [1.82, 2.24) is 0 Å². The molecular weight excluding hydrogens is 398 g/mol. The van der Waals surface area contributed by atoms with Gasteiger partial charge in [-0.25, -0.2) is 0 Å². The fraction of sp³-hybridized carbons (Fsp3) is 0.250. The Labute approximate surface area is 141 Å². The zero-order chi connectivity index (χ0) is 15.4. The Hall–Kier alpha value is -1.20. The third-order valence-electron chi connectivity index (χ3n) is 3.15. The minimum Gasteiger partial charge on any atom is -0.496 e. The molecule has 0 fully saturated rings. The van der Waals surface area contributed by atoms with Gasteiger partial charge in [0.15, 0.2) is 0 Å². The number of rotatable bonds is 5. The molecule has 112 valence electrons. The van der Waals surface area contributed by atoms with E-state index in [0.717, 1.165) is 43.8 Å². The molecule has 0 radical (unpaired) electrons. The van der Waals surface area contributed by atoms with Gasteiger partial charge in [-0.3, -0.25) is 0 Å². The third kappa shape index (κ3) is 3.92. The molecule has 0 spiro atoms. The lowest BCUT2D eigenvalue weighted by Gasteiger charge is -2.12. The minimum absolute atomic E-state index is 0.729. The van der Waals surface area contributed by atoms with Gasteiger partial charge in [0.2, 0.25) is 0 Å². The lowest BCUT2D eigenvalue weighted by Crippen LogP contribution is -2.01. The number of benzene rings is 2. The predicted octanol–water partition coefficient (Wildman–Crippen LogP) is 5.15. The summed E-state index contributed by atoms with van der Waals surface area (Å²) in [5.74, 6) is 1.70. The van der Waals surface area contributed by atoms with Crippen molar-refractivity contribution in [3.63, 3.8) is 0 Å². The van der Waals surface area contributed by atoms with E-state index >= 15 is 0 Å². The van der Waals surface area contributed by atoms with Crippen LogP contribution in [-0.4, -0.2) is 14.2 Å². The zero-order valence-corrected chi connectivity index (χ0v) is 15.3. The molecule has 0 heterocycles. The van der Waals surface area contributed by atoms with Gasteiger partial charge < -0.3 is 14.8 Å². The average Bonchev–Trinajstić information content (AvgIpc) is 2.45. The fourth-order valence-electron chi connectivity index (χ4n) is 2.10. The number of aryl methyl sites for hydroxylation is 1. The minimum atomic E-state index is 0.729. The van der Waals surface area contributed by atoms with Crippen LogP contribution in [0.4, 0.5) is 5.69 Å². The molecule has 2 aromatic carbocycles. The summed E-state index contributed by atoms with van der Waals surface area (Å²) in [7, 11) is 3.34. The Kier molecular flexibility index (Phi) is 5.53. The van der Waals surface area contributed by atoms with E-state index in [1.165, 1.54) is 0 Å². The van der Waals surface area contributed by atoms with Gasteiger partial charge in [0, 0.05) is 12.2 Å². The largest absolute Gasteiger partial charge is 0.496 e. The number of nitrogens with one attached hydrogen (secondary N) is 1. The molecule has 0 bridgehead atoms. The molecule has 1 N–H and O–H groups in total. The molecule has 0 amide bonds. The van der Waals surface area contributed by atoms with Crippen molar-refractivity contribution >= 4 is 37.5 Å². The van der Waals surface area contributed by atoms with Crippen LogP contribution >= 0.6 is 31.9 Å². The van der Waals surface area contributed by atoms with Crippen LogP contribution in [0.15, 0.2) is 39.3 Å². The first-order valence-electron chi connectivity index (χ1n) is 6.45. The third-order valence-corrected chi connectivity index (χ3v) is 4.33. The van der Waals surface area contributed by atoms with Crippen LogP contribution in [0.25, 0.3) is 0 Å². The van der Waals surface area contributed by atoms with Crippen molar-refractivity contribution < 1.29 is 9.47 Å². The molecule has 0 saturated heterocycles. The molecule has 2 aromatic rings. The van der Waals surface area contributed by atoms with Crippen LogP contribution in [0.1, 0.15) is 11.1 Å². The van der Waals surface area contributed by atoms with Crippen LogP contribution in [0.5, 0.6) is 11.5 Å². The molecule has 0 atom stereocenters. The standard InChI is InChI=1S/C16H17Br2NO2/c1-10-6-12(4-5-15(10)20-2)19-9-11-7-13(17)16(21-3)14(18)8-11/h4-8,19H,9H2,1-3H3. The first kappa shape index (κ1) is 16.2. The highest BCUT2D eigenvalue weighted by molar-refractivity contribution is 9.11. The zero-order valence-electron chi connectivity index (χ0n) is 12.2. The molecule has 3 nitrogen and oxygen atoms in total. The summed E-state index contributed by atoms with van der Waals surface area (Å²) in [4.78, 5) is 0. The maximum absolute atomic E-state index is 5.31. The van der Waals surface area contributed by atoms with Gasteiger partial charge in [-0.05, 0) is 80.2 Å². The van der Waals surface area contributed by atoms with Gasteiger partial charge in [0.25, 0.3) is 0 Å². The maximum atomic E-state index is 5.31. The van der Waals surface area contributed by atoms with Crippen molar-refractivity contribution in [3.8, 4) is 11.5 Å². The molecule has 0 aromatic heterocycles. The monoisotopic (exact) mass is 413 g/mol. The van der Waals surface area contributed by atoms with E-state index in [1.54, 1.807) is 14.2 Å². The van der Waals surface area contributed by atoms with E-state index in [2.05, 4.69) is 43.2 Å². The van der Waals surface area contributed by atoms with Gasteiger partial charge >= 0.3 is 0 Å². The molecule has 2 rings (SSSR count). The van der Waals surface area contributed by atoms with Gasteiger partial charge in [-0.15, -0.1) is 0 Å². The number of halogens is 2. The number of anilines is 1. The Morgan fingerprint density at radius 1 is 1.00 bits per heavy atom. The second-order valence-electron chi connectivity index (χ2n) is 4.63. The smallest absolute Gasteiger partial charge is 0.147 e. The molecule has 0 aliphatic heterocycles. The molecule has 0 unspecified atom stereocenters. The van der Waals surface area contributed by atoms with Crippen LogP contribution < -0.4 is 14.8 Å². The maximum Gasteiger partial charge on any atom is 0.147 e. The molecule has 0 aliphatic carbocycles. The summed E-state index contributed by atoms with van der Waals surface area (Å²) in [5, 5.41) is 3.41. The lowest BCUT2D eigenvalue weighted by atomic mass is 10.2. The second kappa shape index (κ2) is 7.18. The fourth-order valence-corrected chi connectivity index (χ4v) is 3.71. The van der Waals surface area contributed by atoms with Crippen LogP contribution in [0, 0.1) is 6.92 Å². The first-order chi connectivity index (χ1) is 10.0. The average molecular weight is 415 g/mol. The number of hydrogen-bond donors (Lipinski definition) is 1. The summed E-state index contributed by atoms with van der Waals surface area (Å²) >= 11 is 7.03. The van der Waals surface area contributed by atoms with E-state index in [-0.39, 0.29) is 0 Å². The number of hydrogen-bond acceptors (Lipinski definition) is 3. The Morgan fingerprint density at radius 2 is 1.67 bits per heavy atom. The molecule has 0 saturated carbocycles. The highest BCUT2D eigenvalue weighted by Crippen LogP contribution is 2.34. The van der Waals surface area contributed by atoms with E-state index in [0.29, 0.717) is 0 Å². The highest BCUT2D eigenvalue weighted by Gasteiger charge is 2.08. The van der Waals surface area contributed by atoms with E-state index < -0.39 is 0 Å². The van der Waals surface area contributed by atoms with E-state index in [9.17, 15) is 0 Å². The Balaban J connectivity index is 2.11. The molecule has 0 aliphatic rings. The Bertz CT molecular complexity index is 621. The SMILES string of the molecule is COc1ccc(NCc2cc(Br)c(OC)c(Br)c2)cc1C. The first-order valence-corrected chi connectivity index (χ1v) is 8.04. The second-order valence-corrected chi connectivity index (χ2v) is 6.34. The van der Waals surface area contributed by atoms with Crippen molar-refractivity contribution in [2.75, 3.05) is 19.5 Å². The van der Waals surface area contributed by atoms with Crippen LogP contribution in [0.2, 0.25) is 0 Å². The highest BCUT2D eigenvalue weighted by atomic mass is 79.9. The normalized spacial score (nSPS) is 10.3. The number of ether oxygens (including phenoxy) is 2. The van der Waals surface area contributed by atoms with E-state index in [1.807, 2.05) is 31.2 Å². The van der Waals surface area contributed by atoms with Gasteiger partial charge in [0.05, 0.1) is 23.2 Å². The molecular formula is C16H17Br2NO2. The summed E-state index contributed by atoms with van der Waals surface area (Å²) in [6.07, 6.45) is 0. The van der Waals surface area contributed by atoms with Gasteiger partial charge in [-0.1, -0.05) is 0 Å². The number of methoxy groups -OCH3 is 2. The van der Waals surface area contributed by atoms with Crippen LogP contribution in [-0.2, 0) is 6.54 Å². The van der Waals surface area contributed by atoms with Crippen molar-refractivity contribution in [2.45, 2.75) is 13.5 Å². The predicted molar refractivity (Wildman–Crippen MR) is 93.5 cm³/mol. The Morgan fingerprint density at radius 3 is 2.19 bits per heavy atom. The quantitative estimate of drug-likeness (QED) is 0.733. The summed E-state index contributed by atoms with van der Waals surface area (Å²) in [5.41, 5.74) is 3.33. The van der Waals surface area contributed by atoms with E-state index in [4.69, 9.17) is 9.47 Å². The van der Waals surface area contributed by atoms with Crippen LogP contribution in [0.3, 0.4) is 0 Å². The summed E-state index contributed by atoms with van der Waals surface area (Å²) in [6, 6.07) is 10.2. The van der Waals surface area contributed by atoms with Crippen molar-refractivity contribution in [3.05, 3.63) is 50.4 Å². The molecule has 21 heavy (non-hydrogen) atoms. The van der Waals surface area contributed by atoms with Gasteiger partial charge in [-0.2, -0.15) is 0 Å².